The Morgan fingerprint density at radius 2 is 2.00 bits per heavy atom. The summed E-state index contributed by atoms with van der Waals surface area (Å²) in [5, 5.41) is 7.04. The van der Waals surface area contributed by atoms with Crippen LogP contribution in [0.4, 0.5) is 5.69 Å². The van der Waals surface area contributed by atoms with Gasteiger partial charge in [0.2, 0.25) is 10.0 Å². The van der Waals surface area contributed by atoms with Crippen LogP contribution in [0.2, 0.25) is 0 Å². The van der Waals surface area contributed by atoms with Gasteiger partial charge in [-0.15, -0.1) is 0 Å². The zero-order valence-electron chi connectivity index (χ0n) is 11.3. The van der Waals surface area contributed by atoms with Crippen LogP contribution in [0.25, 0.3) is 0 Å². The fourth-order valence-electron chi connectivity index (χ4n) is 1.40. The van der Waals surface area contributed by atoms with Gasteiger partial charge in [0.15, 0.2) is 0 Å². The van der Waals surface area contributed by atoms with Crippen LogP contribution in [-0.4, -0.2) is 40.3 Å². The van der Waals surface area contributed by atoms with Gasteiger partial charge in [0, 0.05) is 19.4 Å². The fourth-order valence-corrected chi connectivity index (χ4v) is 2.50. The molecule has 20 heavy (non-hydrogen) atoms. The second kappa shape index (κ2) is 7.71. The average Bonchev–Trinajstić information content (AvgIpc) is 2.37. The lowest BCUT2D eigenvalue weighted by Gasteiger charge is -2.09. The number of nitrogens with one attached hydrogen (secondary N) is 2. The third kappa shape index (κ3) is 6.39. The molecule has 0 aliphatic heterocycles. The molecule has 0 saturated heterocycles. The molecule has 0 aliphatic carbocycles. The molecule has 0 radical (unpaired) electrons. The Labute approximate surface area is 118 Å². The highest BCUT2D eigenvalue weighted by Crippen LogP contribution is 2.16. The van der Waals surface area contributed by atoms with Crippen LogP contribution in [0.3, 0.4) is 0 Å². The van der Waals surface area contributed by atoms with E-state index in [1.54, 1.807) is 24.3 Å². The first-order valence-electron chi connectivity index (χ1n) is 5.98. The largest absolute Gasteiger partial charge is 0.486 e. The predicted molar refractivity (Wildman–Crippen MR) is 77.8 cm³/mol. The fraction of sp³-hybridized carbons (Fsp3) is 0.417. The number of nitrogens with two attached hydrogens (primary N) is 1. The van der Waals surface area contributed by atoms with Crippen LogP contribution in [0.5, 0.6) is 5.75 Å². The van der Waals surface area contributed by atoms with Gasteiger partial charge in [0.25, 0.3) is 0 Å². The van der Waals surface area contributed by atoms with Crippen molar-refractivity contribution in [3.8, 4) is 5.75 Å². The Hall–Kier alpha value is -1.80. The molecular formula is C12H19N3O4S. The Morgan fingerprint density at radius 1 is 1.35 bits per heavy atom. The molecule has 0 amide bonds. The Morgan fingerprint density at radius 3 is 2.55 bits per heavy atom. The van der Waals surface area contributed by atoms with Crippen molar-refractivity contribution in [2.24, 2.45) is 5.73 Å². The number of rotatable bonds is 9. The van der Waals surface area contributed by atoms with Gasteiger partial charge in [-0.2, -0.15) is 0 Å². The van der Waals surface area contributed by atoms with Gasteiger partial charge in [-0.3, -0.25) is 10.1 Å². The first-order valence-corrected chi connectivity index (χ1v) is 7.63. The molecule has 1 rings (SSSR count). The van der Waals surface area contributed by atoms with Crippen LogP contribution in [0, 0.1) is 5.41 Å². The van der Waals surface area contributed by atoms with E-state index in [4.69, 9.17) is 20.6 Å². The van der Waals surface area contributed by atoms with Crippen molar-refractivity contribution in [1.29, 1.82) is 5.41 Å². The molecule has 0 saturated carbocycles. The quantitative estimate of drug-likeness (QED) is 0.354. The number of hydrogen-bond acceptors (Lipinski definition) is 5. The van der Waals surface area contributed by atoms with E-state index in [0.29, 0.717) is 24.5 Å². The van der Waals surface area contributed by atoms with Gasteiger partial charge in [-0.25, -0.2) is 8.42 Å². The molecule has 7 nitrogen and oxygen atoms in total. The number of hydrogen-bond donors (Lipinski definition) is 3. The summed E-state index contributed by atoms with van der Waals surface area (Å²) in [6.45, 7) is 0.404. The molecule has 0 spiro atoms. The minimum absolute atomic E-state index is 0.00208. The molecule has 0 fully saturated rings. The Bertz CT molecular complexity index is 528. The van der Waals surface area contributed by atoms with Crippen LogP contribution < -0.4 is 15.2 Å². The summed E-state index contributed by atoms with van der Waals surface area (Å²) in [5.74, 6) is 0.444. The number of sulfonamides is 1. The molecule has 1 aromatic carbocycles. The summed E-state index contributed by atoms with van der Waals surface area (Å²) in [6.07, 6.45) is 0.436. The van der Waals surface area contributed by atoms with E-state index in [-0.39, 0.29) is 18.2 Å². The number of methoxy groups -OCH3 is 1. The Kier molecular flexibility index (Phi) is 6.26. The third-order valence-corrected chi connectivity index (χ3v) is 3.66. The number of ether oxygens (including phenoxy) is 2. The molecule has 8 heteroatoms. The maximum atomic E-state index is 11.7. The Balaban J connectivity index is 2.54. The molecule has 112 valence electrons. The van der Waals surface area contributed by atoms with E-state index in [1.165, 1.54) is 7.11 Å². The van der Waals surface area contributed by atoms with Gasteiger partial charge in [-0.05, 0) is 30.7 Å². The van der Waals surface area contributed by atoms with Gasteiger partial charge >= 0.3 is 0 Å². The molecule has 0 aromatic heterocycles. The van der Waals surface area contributed by atoms with E-state index >= 15 is 0 Å². The zero-order valence-corrected chi connectivity index (χ0v) is 12.1. The van der Waals surface area contributed by atoms with Crippen molar-refractivity contribution < 1.29 is 17.9 Å². The first kappa shape index (κ1) is 16.3. The molecule has 0 unspecified atom stereocenters. The van der Waals surface area contributed by atoms with Crippen molar-refractivity contribution in [3.05, 3.63) is 24.3 Å². The monoisotopic (exact) mass is 301 g/mol. The third-order valence-electron chi connectivity index (χ3n) is 2.28. The lowest BCUT2D eigenvalue weighted by molar-refractivity contribution is 0.199. The van der Waals surface area contributed by atoms with Crippen LogP contribution in [0.15, 0.2) is 24.3 Å². The van der Waals surface area contributed by atoms with Gasteiger partial charge in [-0.1, -0.05) is 0 Å². The van der Waals surface area contributed by atoms with E-state index < -0.39 is 10.0 Å². The molecule has 1 aromatic rings. The smallest absolute Gasteiger partial charge is 0.232 e. The van der Waals surface area contributed by atoms with Crippen molar-refractivity contribution in [3.63, 3.8) is 0 Å². The second-order valence-corrected chi connectivity index (χ2v) is 5.95. The summed E-state index contributed by atoms with van der Waals surface area (Å²) < 4.78 is 35.9. The van der Waals surface area contributed by atoms with Crippen molar-refractivity contribution in [2.45, 2.75) is 6.42 Å². The standard InChI is InChI=1S/C12H19N3O4S/c1-18-7-2-8-20(16,17)15-10-3-5-11(6-4-10)19-9-12(13)14/h3-6,15H,2,7-9H2,1H3,(H3,13,14). The normalized spacial score (nSPS) is 11.1. The predicted octanol–water partition coefficient (Wildman–Crippen LogP) is 0.780. The lowest BCUT2D eigenvalue weighted by atomic mass is 10.3. The number of benzene rings is 1. The lowest BCUT2D eigenvalue weighted by Crippen LogP contribution is -2.19. The van der Waals surface area contributed by atoms with Gasteiger partial charge in [0.05, 0.1) is 5.75 Å². The summed E-state index contributed by atoms with van der Waals surface area (Å²) in [4.78, 5) is 0. The number of anilines is 1. The average molecular weight is 301 g/mol. The molecule has 0 bridgehead atoms. The van der Waals surface area contributed by atoms with E-state index in [9.17, 15) is 8.42 Å². The molecule has 0 heterocycles. The minimum Gasteiger partial charge on any atom is -0.486 e. The summed E-state index contributed by atoms with van der Waals surface area (Å²) >= 11 is 0. The van der Waals surface area contributed by atoms with Crippen molar-refractivity contribution in [1.82, 2.24) is 0 Å². The molecule has 0 atom stereocenters. The maximum Gasteiger partial charge on any atom is 0.232 e. The van der Waals surface area contributed by atoms with Gasteiger partial charge in [0.1, 0.15) is 18.2 Å². The van der Waals surface area contributed by atoms with Crippen molar-refractivity contribution >= 4 is 21.5 Å². The zero-order chi connectivity index (χ0) is 15.0. The van der Waals surface area contributed by atoms with Gasteiger partial charge < -0.3 is 15.2 Å². The summed E-state index contributed by atoms with van der Waals surface area (Å²) in [6, 6.07) is 6.39. The first-order chi connectivity index (χ1) is 9.43. The topological polar surface area (TPSA) is 115 Å². The van der Waals surface area contributed by atoms with E-state index in [2.05, 4.69) is 4.72 Å². The van der Waals surface area contributed by atoms with Crippen LogP contribution >= 0.6 is 0 Å². The van der Waals surface area contributed by atoms with Crippen LogP contribution in [0.1, 0.15) is 6.42 Å². The summed E-state index contributed by atoms with van der Waals surface area (Å²) in [7, 11) is -1.84. The minimum atomic E-state index is -3.37. The highest BCUT2D eigenvalue weighted by molar-refractivity contribution is 7.92. The second-order valence-electron chi connectivity index (χ2n) is 4.11. The molecular weight excluding hydrogens is 282 g/mol. The van der Waals surface area contributed by atoms with E-state index in [0.717, 1.165) is 0 Å². The molecule has 4 N–H and O–H groups in total. The maximum absolute atomic E-state index is 11.7. The highest BCUT2D eigenvalue weighted by atomic mass is 32.2. The molecule has 0 aliphatic rings. The summed E-state index contributed by atoms with van der Waals surface area (Å²) in [5.41, 5.74) is 5.62. The van der Waals surface area contributed by atoms with Crippen LogP contribution in [-0.2, 0) is 14.8 Å². The highest BCUT2D eigenvalue weighted by Gasteiger charge is 2.09. The SMILES string of the molecule is COCCCS(=O)(=O)Nc1ccc(OCC(=N)N)cc1. The van der Waals surface area contributed by atoms with E-state index in [1.807, 2.05) is 0 Å². The van der Waals surface area contributed by atoms with Crippen molar-refractivity contribution in [2.75, 3.05) is 30.8 Å². The number of amidine groups is 1.